The van der Waals surface area contributed by atoms with Crippen molar-refractivity contribution in [1.29, 1.82) is 0 Å². The van der Waals surface area contributed by atoms with Crippen molar-refractivity contribution in [2.24, 2.45) is 5.73 Å². The highest BCUT2D eigenvalue weighted by atomic mass is 35.5. The van der Waals surface area contributed by atoms with Crippen LogP contribution in [0.4, 0.5) is 4.39 Å². The van der Waals surface area contributed by atoms with Crippen molar-refractivity contribution >= 4 is 17.5 Å². The first kappa shape index (κ1) is 11.9. The lowest BCUT2D eigenvalue weighted by Crippen LogP contribution is -2.38. The number of carbonyl (C=O) groups is 1. The number of benzene rings is 1. The minimum atomic E-state index is -0.708. The summed E-state index contributed by atoms with van der Waals surface area (Å²) < 4.78 is 13.4. The van der Waals surface area contributed by atoms with Crippen LogP contribution in [0, 0.1) is 5.82 Å². The molecule has 0 aliphatic rings. The normalized spacial score (nSPS) is 12.3. The molecule has 1 unspecified atom stereocenters. The second kappa shape index (κ2) is 5.09. The van der Waals surface area contributed by atoms with E-state index in [2.05, 4.69) is 5.32 Å². The van der Waals surface area contributed by atoms with Crippen LogP contribution < -0.4 is 11.1 Å². The predicted molar refractivity (Wildman–Crippen MR) is 57.4 cm³/mol. The van der Waals surface area contributed by atoms with Crippen molar-refractivity contribution in [2.75, 3.05) is 6.54 Å². The quantitative estimate of drug-likeness (QED) is 0.828. The van der Waals surface area contributed by atoms with Crippen LogP contribution in [0.2, 0.25) is 5.02 Å². The van der Waals surface area contributed by atoms with Crippen LogP contribution in [0.25, 0.3) is 0 Å². The molecule has 1 rings (SSSR count). The smallest absolute Gasteiger partial charge is 0.254 e. The van der Waals surface area contributed by atoms with E-state index < -0.39 is 11.7 Å². The van der Waals surface area contributed by atoms with Crippen molar-refractivity contribution in [3.8, 4) is 0 Å². The molecule has 0 aliphatic carbocycles. The van der Waals surface area contributed by atoms with Gasteiger partial charge in [-0.3, -0.25) is 4.79 Å². The van der Waals surface area contributed by atoms with Gasteiger partial charge < -0.3 is 11.1 Å². The van der Waals surface area contributed by atoms with E-state index in [9.17, 15) is 9.18 Å². The van der Waals surface area contributed by atoms with Crippen molar-refractivity contribution in [1.82, 2.24) is 5.32 Å². The standard InChI is InChI=1S/C10H12ClFN2O/c1-6(5-13)14-10(15)7-3-2-4-8(11)9(7)12/h2-4,6H,5,13H2,1H3,(H,14,15). The Morgan fingerprint density at radius 2 is 2.33 bits per heavy atom. The van der Waals surface area contributed by atoms with Crippen LogP contribution in [0.15, 0.2) is 18.2 Å². The summed E-state index contributed by atoms with van der Waals surface area (Å²) in [6.45, 7) is 2.04. The zero-order valence-electron chi connectivity index (χ0n) is 8.26. The predicted octanol–water partition coefficient (Wildman–Crippen LogP) is 1.56. The number of nitrogens with one attached hydrogen (secondary N) is 1. The molecule has 3 nitrogen and oxygen atoms in total. The molecule has 0 spiro atoms. The molecule has 0 bridgehead atoms. The third-order valence-corrected chi connectivity index (χ3v) is 2.22. The number of amides is 1. The Hall–Kier alpha value is -1.13. The van der Waals surface area contributed by atoms with Crippen LogP contribution in [0.5, 0.6) is 0 Å². The SMILES string of the molecule is CC(CN)NC(=O)c1cccc(Cl)c1F. The van der Waals surface area contributed by atoms with Gasteiger partial charge >= 0.3 is 0 Å². The highest BCUT2D eigenvalue weighted by Gasteiger charge is 2.15. The molecule has 0 aromatic heterocycles. The lowest BCUT2D eigenvalue weighted by atomic mass is 10.2. The zero-order valence-corrected chi connectivity index (χ0v) is 9.01. The van der Waals surface area contributed by atoms with Gasteiger partial charge in [0.15, 0.2) is 5.82 Å². The van der Waals surface area contributed by atoms with Crippen molar-refractivity contribution < 1.29 is 9.18 Å². The van der Waals surface area contributed by atoms with Crippen molar-refractivity contribution in [3.05, 3.63) is 34.6 Å². The largest absolute Gasteiger partial charge is 0.348 e. The van der Waals surface area contributed by atoms with Crippen LogP contribution in [-0.4, -0.2) is 18.5 Å². The molecule has 1 amide bonds. The highest BCUT2D eigenvalue weighted by Crippen LogP contribution is 2.17. The average Bonchev–Trinajstić information content (AvgIpc) is 2.21. The molecule has 3 N–H and O–H groups in total. The topological polar surface area (TPSA) is 55.1 Å². The van der Waals surface area contributed by atoms with E-state index in [-0.39, 0.29) is 16.6 Å². The fraction of sp³-hybridized carbons (Fsp3) is 0.300. The van der Waals surface area contributed by atoms with Gasteiger partial charge in [-0.1, -0.05) is 17.7 Å². The van der Waals surface area contributed by atoms with Crippen LogP contribution in [0.1, 0.15) is 17.3 Å². The molecule has 0 heterocycles. The summed E-state index contributed by atoms with van der Waals surface area (Å²) in [6.07, 6.45) is 0. The zero-order chi connectivity index (χ0) is 11.4. The molecular weight excluding hydrogens is 219 g/mol. The summed E-state index contributed by atoms with van der Waals surface area (Å²) in [4.78, 5) is 11.5. The van der Waals surface area contributed by atoms with Gasteiger partial charge in [0.2, 0.25) is 0 Å². The minimum Gasteiger partial charge on any atom is -0.348 e. The Morgan fingerprint density at radius 1 is 1.67 bits per heavy atom. The number of hydrogen-bond donors (Lipinski definition) is 2. The van der Waals surface area contributed by atoms with E-state index in [0.717, 1.165) is 0 Å². The van der Waals surface area contributed by atoms with Gasteiger partial charge in [0.25, 0.3) is 5.91 Å². The van der Waals surface area contributed by atoms with Crippen molar-refractivity contribution in [2.45, 2.75) is 13.0 Å². The second-order valence-electron chi connectivity index (χ2n) is 3.21. The maximum Gasteiger partial charge on any atom is 0.254 e. The van der Waals surface area contributed by atoms with E-state index in [1.54, 1.807) is 6.92 Å². The molecule has 1 atom stereocenters. The molecule has 82 valence electrons. The maximum atomic E-state index is 13.4. The molecule has 0 radical (unpaired) electrons. The van der Waals surface area contributed by atoms with Gasteiger partial charge in [-0.2, -0.15) is 0 Å². The summed E-state index contributed by atoms with van der Waals surface area (Å²) in [7, 11) is 0. The minimum absolute atomic E-state index is 0.0666. The number of nitrogens with two attached hydrogens (primary N) is 1. The third kappa shape index (κ3) is 2.91. The average molecular weight is 231 g/mol. The van der Waals surface area contributed by atoms with Gasteiger partial charge in [-0.15, -0.1) is 0 Å². The summed E-state index contributed by atoms with van der Waals surface area (Å²) >= 11 is 5.55. The summed E-state index contributed by atoms with van der Waals surface area (Å²) in [6, 6.07) is 4.09. The first-order valence-corrected chi connectivity index (χ1v) is 4.89. The maximum absolute atomic E-state index is 13.4. The van der Waals surface area contributed by atoms with E-state index in [4.69, 9.17) is 17.3 Å². The number of halogens is 2. The number of hydrogen-bond acceptors (Lipinski definition) is 2. The van der Waals surface area contributed by atoms with Gasteiger partial charge in [-0.25, -0.2) is 4.39 Å². The highest BCUT2D eigenvalue weighted by molar-refractivity contribution is 6.31. The molecule has 15 heavy (non-hydrogen) atoms. The Balaban J connectivity index is 2.87. The van der Waals surface area contributed by atoms with Crippen LogP contribution in [0.3, 0.4) is 0 Å². The van der Waals surface area contributed by atoms with Crippen LogP contribution in [-0.2, 0) is 0 Å². The first-order chi connectivity index (χ1) is 7.06. The van der Waals surface area contributed by atoms with E-state index in [0.29, 0.717) is 6.54 Å². The van der Waals surface area contributed by atoms with Gasteiger partial charge in [0.05, 0.1) is 10.6 Å². The third-order valence-electron chi connectivity index (χ3n) is 1.93. The fourth-order valence-electron chi connectivity index (χ4n) is 1.04. The molecule has 1 aromatic rings. The van der Waals surface area contributed by atoms with Gasteiger partial charge in [0.1, 0.15) is 0 Å². The molecule has 5 heteroatoms. The number of carbonyl (C=O) groups excluding carboxylic acids is 1. The Bertz CT molecular complexity index is 370. The Labute approximate surface area is 92.4 Å². The van der Waals surface area contributed by atoms with Crippen molar-refractivity contribution in [3.63, 3.8) is 0 Å². The molecule has 0 fully saturated rings. The van der Waals surface area contributed by atoms with E-state index in [1.165, 1.54) is 18.2 Å². The van der Waals surface area contributed by atoms with Gasteiger partial charge in [-0.05, 0) is 19.1 Å². The molecular formula is C10H12ClFN2O. The van der Waals surface area contributed by atoms with Crippen LogP contribution >= 0.6 is 11.6 Å². The lowest BCUT2D eigenvalue weighted by Gasteiger charge is -2.11. The molecule has 0 saturated carbocycles. The summed E-state index contributed by atoms with van der Waals surface area (Å²) in [5.74, 6) is -1.21. The second-order valence-corrected chi connectivity index (χ2v) is 3.62. The monoisotopic (exact) mass is 230 g/mol. The van der Waals surface area contributed by atoms with E-state index >= 15 is 0 Å². The Morgan fingerprint density at radius 3 is 2.93 bits per heavy atom. The summed E-state index contributed by atoms with van der Waals surface area (Å²) in [5.41, 5.74) is 5.26. The first-order valence-electron chi connectivity index (χ1n) is 4.51. The molecule has 0 aliphatic heterocycles. The lowest BCUT2D eigenvalue weighted by molar-refractivity contribution is 0.0937. The summed E-state index contributed by atoms with van der Waals surface area (Å²) in [5, 5.41) is 2.48. The Kier molecular flexibility index (Phi) is 4.05. The molecule has 0 saturated heterocycles. The molecule has 1 aromatic carbocycles. The fourth-order valence-corrected chi connectivity index (χ4v) is 1.21. The van der Waals surface area contributed by atoms with Gasteiger partial charge in [0, 0.05) is 12.6 Å². The number of rotatable bonds is 3. The van der Waals surface area contributed by atoms with E-state index in [1.807, 2.05) is 0 Å².